The molecule has 2 amide bonds. The SMILES string of the molecule is COC(=O)C1CCC(NC(=O)c2cc(-c3ccc(C(=N)N)cc3)nn(CC(=O)N(C)C)c2=O)CC1.Cl. The van der Waals surface area contributed by atoms with Gasteiger partial charge in [0.1, 0.15) is 17.9 Å². The number of hydrogen-bond acceptors (Lipinski definition) is 7. The van der Waals surface area contributed by atoms with Gasteiger partial charge in [-0.1, -0.05) is 24.3 Å². The van der Waals surface area contributed by atoms with E-state index in [9.17, 15) is 19.2 Å². The highest BCUT2D eigenvalue weighted by atomic mass is 35.5. The number of nitrogens with one attached hydrogen (secondary N) is 2. The van der Waals surface area contributed by atoms with Crippen LogP contribution in [0.3, 0.4) is 0 Å². The van der Waals surface area contributed by atoms with Crippen LogP contribution >= 0.6 is 12.4 Å². The fourth-order valence-corrected chi connectivity index (χ4v) is 3.95. The van der Waals surface area contributed by atoms with Gasteiger partial charge >= 0.3 is 5.97 Å². The zero-order valence-electron chi connectivity index (χ0n) is 20.4. The average molecular weight is 519 g/mol. The van der Waals surface area contributed by atoms with E-state index in [2.05, 4.69) is 10.4 Å². The molecule has 1 fully saturated rings. The maximum Gasteiger partial charge on any atom is 0.308 e. The first-order valence-electron chi connectivity index (χ1n) is 11.3. The number of amidine groups is 1. The lowest BCUT2D eigenvalue weighted by Gasteiger charge is -2.27. The minimum atomic E-state index is -0.676. The van der Waals surface area contributed by atoms with Gasteiger partial charge in [0.2, 0.25) is 5.91 Å². The molecule has 1 aromatic heterocycles. The van der Waals surface area contributed by atoms with E-state index in [-0.39, 0.29) is 54.2 Å². The molecule has 3 rings (SSSR count). The summed E-state index contributed by atoms with van der Waals surface area (Å²) in [5.41, 5.74) is 6.14. The largest absolute Gasteiger partial charge is 0.469 e. The van der Waals surface area contributed by atoms with E-state index in [0.717, 1.165) is 4.68 Å². The minimum absolute atomic E-state index is 0. The van der Waals surface area contributed by atoms with Crippen LogP contribution in [-0.2, 0) is 20.9 Å². The Labute approximate surface area is 214 Å². The van der Waals surface area contributed by atoms with Crippen molar-refractivity contribution in [1.29, 1.82) is 5.41 Å². The quantitative estimate of drug-likeness (QED) is 0.281. The highest BCUT2D eigenvalue weighted by Gasteiger charge is 2.28. The van der Waals surface area contributed by atoms with Gasteiger partial charge in [0.25, 0.3) is 11.5 Å². The molecule has 36 heavy (non-hydrogen) atoms. The van der Waals surface area contributed by atoms with Crippen LogP contribution in [0.5, 0.6) is 0 Å². The van der Waals surface area contributed by atoms with Gasteiger partial charge in [-0.15, -0.1) is 12.4 Å². The normalized spacial score (nSPS) is 16.9. The first kappa shape index (κ1) is 28.5. The van der Waals surface area contributed by atoms with Crippen molar-refractivity contribution >= 4 is 36.0 Å². The van der Waals surface area contributed by atoms with Crippen molar-refractivity contribution in [3.8, 4) is 11.3 Å². The number of rotatable bonds is 7. The summed E-state index contributed by atoms with van der Waals surface area (Å²) in [4.78, 5) is 51.6. The summed E-state index contributed by atoms with van der Waals surface area (Å²) in [7, 11) is 4.49. The highest BCUT2D eigenvalue weighted by molar-refractivity contribution is 5.96. The lowest BCUT2D eigenvalue weighted by molar-refractivity contribution is -0.146. The number of aromatic nitrogens is 2. The predicted octanol–water partition coefficient (Wildman–Crippen LogP) is 1.17. The Kier molecular flexibility index (Phi) is 9.74. The molecule has 1 aliphatic carbocycles. The Morgan fingerprint density at radius 1 is 1.17 bits per heavy atom. The molecule has 12 heteroatoms. The standard InChI is InChI=1S/C24H30N6O5.ClH/c1-29(2)20(31)13-30-23(33)18(12-19(28-30)14-4-6-15(7-5-14)21(25)26)22(32)27-17-10-8-16(9-11-17)24(34)35-3;/h4-7,12,16-17H,8-11,13H2,1-3H3,(H3,25,26)(H,27,32);1H. The number of amides is 2. The molecule has 0 spiro atoms. The molecule has 0 radical (unpaired) electrons. The third-order valence-corrected chi connectivity index (χ3v) is 6.09. The summed E-state index contributed by atoms with van der Waals surface area (Å²) in [6, 6.07) is 7.84. The van der Waals surface area contributed by atoms with Gasteiger partial charge < -0.3 is 20.7 Å². The maximum atomic E-state index is 13.1. The number of nitrogens with two attached hydrogens (primary N) is 1. The van der Waals surface area contributed by atoms with Crippen LogP contribution in [0, 0.1) is 11.3 Å². The lowest BCUT2D eigenvalue weighted by atomic mass is 9.86. The van der Waals surface area contributed by atoms with Crippen molar-refractivity contribution in [2.24, 2.45) is 11.7 Å². The van der Waals surface area contributed by atoms with E-state index in [1.54, 1.807) is 38.4 Å². The Bertz CT molecular complexity index is 1190. The number of nitrogens with zero attached hydrogens (tertiary/aromatic N) is 3. The van der Waals surface area contributed by atoms with Gasteiger partial charge in [0, 0.05) is 31.3 Å². The number of methoxy groups -OCH3 is 1. The second-order valence-electron chi connectivity index (χ2n) is 8.73. The fraction of sp³-hybridized carbons (Fsp3) is 0.417. The van der Waals surface area contributed by atoms with Gasteiger partial charge in [0.05, 0.1) is 18.7 Å². The molecule has 4 N–H and O–H groups in total. The van der Waals surface area contributed by atoms with Crippen LogP contribution < -0.4 is 16.6 Å². The minimum Gasteiger partial charge on any atom is -0.469 e. The molecule has 0 atom stereocenters. The highest BCUT2D eigenvalue weighted by Crippen LogP contribution is 2.25. The van der Waals surface area contributed by atoms with Gasteiger partial charge in [-0.05, 0) is 31.7 Å². The summed E-state index contributed by atoms with van der Waals surface area (Å²) < 4.78 is 5.79. The summed E-state index contributed by atoms with van der Waals surface area (Å²) in [5, 5.41) is 14.7. The molecular weight excluding hydrogens is 488 g/mol. The van der Waals surface area contributed by atoms with E-state index in [4.69, 9.17) is 15.9 Å². The van der Waals surface area contributed by atoms with E-state index < -0.39 is 11.5 Å². The summed E-state index contributed by atoms with van der Waals surface area (Å²) in [5.74, 6) is -1.44. The van der Waals surface area contributed by atoms with Crippen LogP contribution in [0.15, 0.2) is 35.1 Å². The number of esters is 1. The molecule has 1 saturated carbocycles. The number of benzene rings is 1. The van der Waals surface area contributed by atoms with Crippen LogP contribution in [-0.4, -0.2) is 65.5 Å². The zero-order chi connectivity index (χ0) is 25.7. The molecule has 0 bridgehead atoms. The average Bonchev–Trinajstić information content (AvgIpc) is 2.85. The first-order valence-corrected chi connectivity index (χ1v) is 11.3. The zero-order valence-corrected chi connectivity index (χ0v) is 21.3. The third-order valence-electron chi connectivity index (χ3n) is 6.09. The Hall–Kier alpha value is -3.73. The van der Waals surface area contributed by atoms with Crippen molar-refractivity contribution in [2.75, 3.05) is 21.2 Å². The summed E-state index contributed by atoms with van der Waals surface area (Å²) in [6.07, 6.45) is 2.35. The van der Waals surface area contributed by atoms with Crippen molar-refractivity contribution in [3.63, 3.8) is 0 Å². The van der Waals surface area contributed by atoms with Crippen LogP contribution in [0.1, 0.15) is 41.6 Å². The molecule has 194 valence electrons. The third kappa shape index (κ3) is 6.69. The van der Waals surface area contributed by atoms with Gasteiger partial charge in [-0.2, -0.15) is 5.10 Å². The van der Waals surface area contributed by atoms with E-state index in [1.807, 2.05) is 0 Å². The Morgan fingerprint density at radius 3 is 2.31 bits per heavy atom. The first-order chi connectivity index (χ1) is 16.6. The number of halogens is 1. The number of likely N-dealkylation sites (N-methyl/N-ethyl adjacent to an activating group) is 1. The smallest absolute Gasteiger partial charge is 0.308 e. The van der Waals surface area contributed by atoms with Crippen molar-refractivity contribution in [3.05, 3.63) is 51.8 Å². The topological polar surface area (TPSA) is 160 Å². The van der Waals surface area contributed by atoms with Gasteiger partial charge in [-0.3, -0.25) is 24.6 Å². The molecule has 2 aromatic rings. The molecule has 1 aromatic carbocycles. The molecular formula is C24H31ClN6O5. The predicted molar refractivity (Wildman–Crippen MR) is 136 cm³/mol. The molecule has 0 saturated heterocycles. The number of carbonyl (C=O) groups is 3. The van der Waals surface area contributed by atoms with Gasteiger partial charge in [-0.25, -0.2) is 4.68 Å². The van der Waals surface area contributed by atoms with E-state index >= 15 is 0 Å². The molecule has 1 heterocycles. The second kappa shape index (κ2) is 12.3. The van der Waals surface area contributed by atoms with E-state index in [0.29, 0.717) is 42.5 Å². The lowest BCUT2D eigenvalue weighted by Crippen LogP contribution is -2.42. The van der Waals surface area contributed by atoms with Crippen molar-refractivity contribution in [2.45, 2.75) is 38.3 Å². The number of ether oxygens (including phenoxy) is 1. The van der Waals surface area contributed by atoms with Crippen LogP contribution in [0.4, 0.5) is 0 Å². The Balaban J connectivity index is 0.00000456. The second-order valence-corrected chi connectivity index (χ2v) is 8.73. The van der Waals surface area contributed by atoms with Gasteiger partial charge in [0.15, 0.2) is 0 Å². The summed E-state index contributed by atoms with van der Waals surface area (Å²) >= 11 is 0. The van der Waals surface area contributed by atoms with Crippen molar-refractivity contribution in [1.82, 2.24) is 20.0 Å². The number of nitrogen functional groups attached to an aromatic ring is 1. The number of carbonyl (C=O) groups excluding carboxylic acids is 3. The monoisotopic (exact) mass is 518 g/mol. The molecule has 0 unspecified atom stereocenters. The number of hydrogen-bond donors (Lipinski definition) is 3. The van der Waals surface area contributed by atoms with E-state index in [1.165, 1.54) is 18.1 Å². The molecule has 0 aliphatic heterocycles. The maximum absolute atomic E-state index is 13.1. The van der Waals surface area contributed by atoms with Crippen LogP contribution in [0.2, 0.25) is 0 Å². The van der Waals surface area contributed by atoms with Crippen molar-refractivity contribution < 1.29 is 19.1 Å². The molecule has 11 nitrogen and oxygen atoms in total. The fourth-order valence-electron chi connectivity index (χ4n) is 3.95. The Morgan fingerprint density at radius 2 is 1.78 bits per heavy atom. The summed E-state index contributed by atoms with van der Waals surface area (Å²) in [6.45, 7) is -0.324. The van der Waals surface area contributed by atoms with Crippen LogP contribution in [0.25, 0.3) is 11.3 Å². The molecule has 1 aliphatic rings.